The van der Waals surface area contributed by atoms with Crippen molar-refractivity contribution >= 4 is 21.3 Å². The second kappa shape index (κ2) is 8.30. The molecule has 6 nitrogen and oxygen atoms in total. The summed E-state index contributed by atoms with van der Waals surface area (Å²) >= 11 is 0. The average molecular weight is 415 g/mol. The van der Waals surface area contributed by atoms with E-state index < -0.39 is 9.84 Å². The molecule has 1 aromatic carbocycles. The lowest BCUT2D eigenvalue weighted by molar-refractivity contribution is 0.481. The van der Waals surface area contributed by atoms with Gasteiger partial charge in [-0.05, 0) is 56.0 Å². The number of benzene rings is 1. The quantitative estimate of drug-likeness (QED) is 0.763. The first-order valence-electron chi connectivity index (χ1n) is 10.6. The summed E-state index contributed by atoms with van der Waals surface area (Å²) in [5, 5.41) is 8.21. The Balaban J connectivity index is 1.42. The van der Waals surface area contributed by atoms with Gasteiger partial charge in [0.15, 0.2) is 20.7 Å². The molecule has 0 radical (unpaired) electrons. The van der Waals surface area contributed by atoms with Crippen LogP contribution in [-0.2, 0) is 9.84 Å². The van der Waals surface area contributed by atoms with E-state index in [-0.39, 0.29) is 10.3 Å². The van der Waals surface area contributed by atoms with E-state index in [0.29, 0.717) is 0 Å². The van der Waals surface area contributed by atoms with Gasteiger partial charge >= 0.3 is 0 Å². The number of piperazine rings is 1. The van der Waals surface area contributed by atoms with Crippen LogP contribution in [0.4, 0.5) is 11.5 Å². The smallest absolute Gasteiger partial charge is 0.200 e. The lowest BCUT2D eigenvalue weighted by Gasteiger charge is -2.37. The van der Waals surface area contributed by atoms with Crippen LogP contribution in [0.1, 0.15) is 43.2 Å². The first-order valence-corrected chi connectivity index (χ1v) is 12.1. The largest absolute Gasteiger partial charge is 0.368 e. The monoisotopic (exact) mass is 414 g/mol. The first-order chi connectivity index (χ1) is 13.9. The molecule has 1 aliphatic heterocycles. The Kier molecular flexibility index (Phi) is 5.76. The standard InChI is InChI=1S/C22H30N4O2S/c1-17-8-9-18(2)20(16-17)25-12-14-26(15-13-25)21-10-11-22(24-23-21)29(27,28)19-6-4-3-5-7-19/h8-11,16,19H,3-7,12-15H2,1-2H3. The fraction of sp³-hybridized carbons (Fsp3) is 0.545. The summed E-state index contributed by atoms with van der Waals surface area (Å²) in [7, 11) is -3.36. The average Bonchev–Trinajstić information content (AvgIpc) is 2.76. The minimum absolute atomic E-state index is 0.127. The molecule has 2 heterocycles. The highest BCUT2D eigenvalue weighted by Gasteiger charge is 2.30. The normalized spacial score (nSPS) is 18.8. The van der Waals surface area contributed by atoms with Gasteiger partial charge in [-0.15, -0.1) is 10.2 Å². The lowest BCUT2D eigenvalue weighted by atomic mass is 10.0. The Morgan fingerprint density at radius 3 is 2.21 bits per heavy atom. The predicted molar refractivity (Wildman–Crippen MR) is 116 cm³/mol. The SMILES string of the molecule is Cc1ccc(C)c(N2CCN(c3ccc(S(=O)(=O)C4CCCCC4)nn3)CC2)c1. The van der Waals surface area contributed by atoms with Gasteiger partial charge in [-0.3, -0.25) is 0 Å². The summed E-state index contributed by atoms with van der Waals surface area (Å²) in [5.74, 6) is 0.758. The van der Waals surface area contributed by atoms with Gasteiger partial charge in [0.05, 0.1) is 5.25 Å². The molecule has 7 heteroatoms. The summed E-state index contributed by atoms with van der Waals surface area (Å²) in [6.07, 6.45) is 4.59. The van der Waals surface area contributed by atoms with Crippen molar-refractivity contribution in [3.63, 3.8) is 0 Å². The molecule has 0 bridgehead atoms. The van der Waals surface area contributed by atoms with Crippen LogP contribution in [0, 0.1) is 13.8 Å². The van der Waals surface area contributed by atoms with Crippen molar-refractivity contribution in [2.24, 2.45) is 0 Å². The maximum Gasteiger partial charge on any atom is 0.200 e. The van der Waals surface area contributed by atoms with Crippen LogP contribution in [-0.4, -0.2) is 50.0 Å². The fourth-order valence-corrected chi connectivity index (χ4v) is 6.12. The van der Waals surface area contributed by atoms with Crippen LogP contribution in [0.3, 0.4) is 0 Å². The molecule has 0 atom stereocenters. The zero-order valence-corrected chi connectivity index (χ0v) is 18.2. The van der Waals surface area contributed by atoms with Crippen molar-refractivity contribution in [1.82, 2.24) is 10.2 Å². The van der Waals surface area contributed by atoms with E-state index in [4.69, 9.17) is 0 Å². The molecule has 4 rings (SSSR count). The molecule has 29 heavy (non-hydrogen) atoms. The topological polar surface area (TPSA) is 66.4 Å². The second-order valence-electron chi connectivity index (χ2n) is 8.30. The van der Waals surface area contributed by atoms with Crippen LogP contribution >= 0.6 is 0 Å². The molecule has 0 unspecified atom stereocenters. The molecular weight excluding hydrogens is 384 g/mol. The number of sulfone groups is 1. The van der Waals surface area contributed by atoms with E-state index in [1.54, 1.807) is 6.07 Å². The Hall–Kier alpha value is -2.15. The molecule has 0 N–H and O–H groups in total. The van der Waals surface area contributed by atoms with Crippen molar-refractivity contribution in [3.8, 4) is 0 Å². The molecule has 0 spiro atoms. The highest BCUT2D eigenvalue weighted by Crippen LogP contribution is 2.28. The third-order valence-electron chi connectivity index (χ3n) is 6.22. The first kappa shape index (κ1) is 20.1. The molecule has 2 aliphatic rings. The summed E-state index contributed by atoms with van der Waals surface area (Å²) in [4.78, 5) is 4.60. The van der Waals surface area contributed by atoms with Gasteiger partial charge in [0.1, 0.15) is 0 Å². The van der Waals surface area contributed by atoms with Gasteiger partial charge in [0.2, 0.25) is 0 Å². The molecule has 1 aromatic heterocycles. The number of aromatic nitrogens is 2. The molecule has 1 saturated carbocycles. The molecule has 156 valence electrons. The third-order valence-corrected chi connectivity index (χ3v) is 8.37. The zero-order chi connectivity index (χ0) is 20.4. The Morgan fingerprint density at radius 2 is 1.55 bits per heavy atom. The lowest BCUT2D eigenvalue weighted by Crippen LogP contribution is -2.47. The van der Waals surface area contributed by atoms with Gasteiger partial charge in [0.25, 0.3) is 0 Å². The van der Waals surface area contributed by atoms with Crippen molar-refractivity contribution in [2.45, 2.75) is 56.2 Å². The third kappa shape index (κ3) is 4.25. The van der Waals surface area contributed by atoms with Gasteiger partial charge < -0.3 is 9.80 Å². The molecular formula is C22H30N4O2S. The van der Waals surface area contributed by atoms with E-state index in [2.05, 4.69) is 52.0 Å². The zero-order valence-electron chi connectivity index (χ0n) is 17.3. The summed E-state index contributed by atoms with van der Waals surface area (Å²) in [5.41, 5.74) is 3.86. The van der Waals surface area contributed by atoms with Crippen LogP contribution in [0.5, 0.6) is 0 Å². The van der Waals surface area contributed by atoms with Crippen LogP contribution < -0.4 is 9.80 Å². The minimum atomic E-state index is -3.36. The number of aryl methyl sites for hydroxylation is 2. The number of rotatable bonds is 4. The Bertz CT molecular complexity index is 945. The summed E-state index contributed by atoms with van der Waals surface area (Å²) in [6.45, 7) is 7.78. The molecule has 1 aliphatic carbocycles. The maximum absolute atomic E-state index is 12.8. The fourth-order valence-electron chi connectivity index (χ4n) is 4.42. The molecule has 2 aromatic rings. The molecule has 1 saturated heterocycles. The van der Waals surface area contributed by atoms with Gasteiger partial charge in [0, 0.05) is 31.9 Å². The van der Waals surface area contributed by atoms with Crippen molar-refractivity contribution < 1.29 is 8.42 Å². The second-order valence-corrected chi connectivity index (χ2v) is 10.5. The van der Waals surface area contributed by atoms with E-state index >= 15 is 0 Å². The Morgan fingerprint density at radius 1 is 0.862 bits per heavy atom. The number of hydrogen-bond acceptors (Lipinski definition) is 6. The molecule has 0 amide bonds. The van der Waals surface area contributed by atoms with E-state index in [9.17, 15) is 8.42 Å². The number of nitrogens with zero attached hydrogens (tertiary/aromatic N) is 4. The van der Waals surface area contributed by atoms with Gasteiger partial charge in [-0.1, -0.05) is 31.4 Å². The van der Waals surface area contributed by atoms with E-state index in [1.165, 1.54) is 16.8 Å². The van der Waals surface area contributed by atoms with E-state index in [0.717, 1.165) is 64.1 Å². The van der Waals surface area contributed by atoms with Crippen LogP contribution in [0.15, 0.2) is 35.4 Å². The van der Waals surface area contributed by atoms with Crippen molar-refractivity contribution in [2.75, 3.05) is 36.0 Å². The highest BCUT2D eigenvalue weighted by atomic mass is 32.2. The molecule has 2 fully saturated rings. The summed E-state index contributed by atoms with van der Waals surface area (Å²) < 4.78 is 25.6. The van der Waals surface area contributed by atoms with Crippen molar-refractivity contribution in [3.05, 3.63) is 41.5 Å². The van der Waals surface area contributed by atoms with Crippen LogP contribution in [0.25, 0.3) is 0 Å². The maximum atomic E-state index is 12.8. The highest BCUT2D eigenvalue weighted by molar-refractivity contribution is 7.92. The minimum Gasteiger partial charge on any atom is -0.368 e. The number of anilines is 2. The predicted octanol–water partition coefficient (Wildman–Crippen LogP) is 3.53. The Labute approximate surface area is 173 Å². The van der Waals surface area contributed by atoms with Gasteiger partial charge in [-0.25, -0.2) is 8.42 Å². The van der Waals surface area contributed by atoms with E-state index in [1.807, 2.05) is 6.07 Å². The van der Waals surface area contributed by atoms with Crippen molar-refractivity contribution in [1.29, 1.82) is 0 Å². The van der Waals surface area contributed by atoms with Gasteiger partial charge in [-0.2, -0.15) is 0 Å². The number of hydrogen-bond donors (Lipinski definition) is 0. The van der Waals surface area contributed by atoms with Crippen LogP contribution in [0.2, 0.25) is 0 Å². The summed E-state index contributed by atoms with van der Waals surface area (Å²) in [6, 6.07) is 10.0.